The van der Waals surface area contributed by atoms with Crippen molar-refractivity contribution in [2.75, 3.05) is 0 Å². The third kappa shape index (κ3) is 1.41. The molecule has 13 heavy (non-hydrogen) atoms. The molecule has 68 valence electrons. The van der Waals surface area contributed by atoms with Crippen molar-refractivity contribution in [3.8, 4) is 0 Å². The second kappa shape index (κ2) is 3.37. The second-order valence-corrected chi connectivity index (χ2v) is 3.77. The first-order valence-corrected chi connectivity index (χ1v) is 5.10. The third-order valence-electron chi connectivity index (χ3n) is 2.98. The summed E-state index contributed by atoms with van der Waals surface area (Å²) >= 11 is 0. The monoisotopic (exact) mass is 172 g/mol. The quantitative estimate of drug-likeness (QED) is 0.604. The molecule has 0 amide bonds. The largest absolute Gasteiger partial charge is 0.0692 e. The van der Waals surface area contributed by atoms with E-state index in [-0.39, 0.29) is 0 Å². The van der Waals surface area contributed by atoms with Crippen molar-refractivity contribution in [3.05, 3.63) is 41.0 Å². The van der Waals surface area contributed by atoms with Gasteiger partial charge in [0.2, 0.25) is 0 Å². The van der Waals surface area contributed by atoms with E-state index < -0.39 is 0 Å². The lowest BCUT2D eigenvalue weighted by Crippen LogP contribution is -2.02. The molecule has 1 aliphatic rings. The fourth-order valence-corrected chi connectivity index (χ4v) is 2.23. The minimum atomic E-state index is 1.17. The fraction of sp³-hybridized carbons (Fsp3) is 0.385. The summed E-state index contributed by atoms with van der Waals surface area (Å²) in [5.74, 6) is 0. The van der Waals surface area contributed by atoms with Crippen molar-refractivity contribution >= 4 is 5.57 Å². The van der Waals surface area contributed by atoms with Gasteiger partial charge in [0.25, 0.3) is 0 Å². The summed E-state index contributed by atoms with van der Waals surface area (Å²) in [7, 11) is 0. The molecular weight excluding hydrogens is 156 g/mol. The maximum atomic E-state index is 2.27. The molecule has 0 N–H and O–H groups in total. The van der Waals surface area contributed by atoms with Crippen LogP contribution in [0.4, 0.5) is 0 Å². The molecule has 2 rings (SSSR count). The Morgan fingerprint density at radius 3 is 2.69 bits per heavy atom. The Hall–Kier alpha value is -1.04. The standard InChI is InChI=1S/C13H16/c1-3-12-10(2)8-9-11-6-4-5-7-13(11)12/h4-7H,3,8-9H2,1-2H3. The fourth-order valence-electron chi connectivity index (χ4n) is 2.23. The van der Waals surface area contributed by atoms with Gasteiger partial charge >= 0.3 is 0 Å². The first kappa shape index (κ1) is 8.55. The average molecular weight is 172 g/mol. The van der Waals surface area contributed by atoms with Crippen LogP contribution in [0.25, 0.3) is 5.57 Å². The molecule has 1 aromatic rings. The van der Waals surface area contributed by atoms with E-state index in [1.807, 2.05) is 0 Å². The topological polar surface area (TPSA) is 0 Å². The molecule has 0 aromatic heterocycles. The molecule has 0 heteroatoms. The van der Waals surface area contributed by atoms with Crippen LogP contribution in [0.2, 0.25) is 0 Å². The maximum Gasteiger partial charge on any atom is -0.0193 e. The predicted octanol–water partition coefficient (Wildman–Crippen LogP) is 3.82. The number of hydrogen-bond acceptors (Lipinski definition) is 0. The summed E-state index contributed by atoms with van der Waals surface area (Å²) in [5.41, 5.74) is 6.18. The van der Waals surface area contributed by atoms with Gasteiger partial charge in [-0.05, 0) is 42.9 Å². The Morgan fingerprint density at radius 2 is 1.92 bits per heavy atom. The molecule has 0 saturated heterocycles. The smallest absolute Gasteiger partial charge is 0.0193 e. The van der Waals surface area contributed by atoms with E-state index in [9.17, 15) is 0 Å². The minimum Gasteiger partial charge on any atom is -0.0692 e. The Balaban J connectivity index is 2.55. The van der Waals surface area contributed by atoms with Crippen molar-refractivity contribution in [2.24, 2.45) is 0 Å². The highest BCUT2D eigenvalue weighted by Gasteiger charge is 2.13. The van der Waals surface area contributed by atoms with Gasteiger partial charge in [-0.3, -0.25) is 0 Å². The van der Waals surface area contributed by atoms with Crippen LogP contribution in [0, 0.1) is 0 Å². The van der Waals surface area contributed by atoms with Crippen LogP contribution < -0.4 is 0 Å². The Bertz CT molecular complexity index is 345. The Labute approximate surface area is 80.3 Å². The zero-order valence-corrected chi connectivity index (χ0v) is 8.43. The molecule has 0 aliphatic heterocycles. The van der Waals surface area contributed by atoms with Crippen molar-refractivity contribution < 1.29 is 0 Å². The summed E-state index contributed by atoms with van der Waals surface area (Å²) in [6.45, 7) is 4.52. The van der Waals surface area contributed by atoms with Crippen LogP contribution in [0.3, 0.4) is 0 Å². The van der Waals surface area contributed by atoms with Crippen LogP contribution in [-0.2, 0) is 6.42 Å². The first-order chi connectivity index (χ1) is 6.33. The number of hydrogen-bond donors (Lipinski definition) is 0. The second-order valence-electron chi connectivity index (χ2n) is 3.77. The molecule has 0 bridgehead atoms. The van der Waals surface area contributed by atoms with Crippen LogP contribution in [0.1, 0.15) is 37.8 Å². The van der Waals surface area contributed by atoms with Crippen LogP contribution in [-0.4, -0.2) is 0 Å². The first-order valence-electron chi connectivity index (χ1n) is 5.10. The van der Waals surface area contributed by atoms with E-state index in [4.69, 9.17) is 0 Å². The Morgan fingerprint density at radius 1 is 1.15 bits per heavy atom. The van der Waals surface area contributed by atoms with Gasteiger partial charge in [-0.1, -0.05) is 36.8 Å². The molecule has 0 saturated carbocycles. The van der Waals surface area contributed by atoms with E-state index >= 15 is 0 Å². The van der Waals surface area contributed by atoms with Gasteiger partial charge in [0, 0.05) is 0 Å². The van der Waals surface area contributed by atoms with Gasteiger partial charge in [0.1, 0.15) is 0 Å². The molecule has 1 aliphatic carbocycles. The van der Waals surface area contributed by atoms with Gasteiger partial charge in [-0.2, -0.15) is 0 Å². The average Bonchev–Trinajstić information content (AvgIpc) is 2.18. The van der Waals surface area contributed by atoms with Gasteiger partial charge in [0.05, 0.1) is 0 Å². The zero-order valence-electron chi connectivity index (χ0n) is 8.43. The lowest BCUT2D eigenvalue weighted by molar-refractivity contribution is 0.904. The van der Waals surface area contributed by atoms with E-state index in [1.54, 1.807) is 11.1 Å². The summed E-state index contributed by atoms with van der Waals surface area (Å²) in [6.07, 6.45) is 3.65. The molecule has 0 spiro atoms. The lowest BCUT2D eigenvalue weighted by atomic mass is 9.85. The van der Waals surface area contributed by atoms with E-state index in [0.29, 0.717) is 0 Å². The Kier molecular flexibility index (Phi) is 2.22. The van der Waals surface area contributed by atoms with Crippen molar-refractivity contribution in [3.63, 3.8) is 0 Å². The van der Waals surface area contributed by atoms with Crippen LogP contribution in [0.5, 0.6) is 0 Å². The van der Waals surface area contributed by atoms with Gasteiger partial charge in [-0.15, -0.1) is 0 Å². The van der Waals surface area contributed by atoms with Crippen LogP contribution in [0.15, 0.2) is 29.8 Å². The molecule has 1 aromatic carbocycles. The van der Waals surface area contributed by atoms with E-state index in [1.165, 1.54) is 30.4 Å². The van der Waals surface area contributed by atoms with Crippen molar-refractivity contribution in [1.29, 1.82) is 0 Å². The number of fused-ring (bicyclic) bond motifs is 1. The van der Waals surface area contributed by atoms with Gasteiger partial charge < -0.3 is 0 Å². The van der Waals surface area contributed by atoms with Crippen LogP contribution >= 0.6 is 0 Å². The number of benzene rings is 1. The lowest BCUT2D eigenvalue weighted by Gasteiger charge is -2.20. The number of allylic oxidation sites excluding steroid dienone is 2. The normalized spacial score (nSPS) is 15.8. The van der Waals surface area contributed by atoms with Gasteiger partial charge in [0.15, 0.2) is 0 Å². The molecule has 0 nitrogen and oxygen atoms in total. The predicted molar refractivity (Wildman–Crippen MR) is 57.6 cm³/mol. The highest BCUT2D eigenvalue weighted by atomic mass is 14.2. The number of aryl methyl sites for hydroxylation is 1. The summed E-state index contributed by atoms with van der Waals surface area (Å²) in [5, 5.41) is 0. The molecule has 0 radical (unpaired) electrons. The maximum absolute atomic E-state index is 2.27. The molecule has 0 unspecified atom stereocenters. The minimum absolute atomic E-state index is 1.17. The SMILES string of the molecule is CCC1=C(C)CCc2ccccc21. The summed E-state index contributed by atoms with van der Waals surface area (Å²) < 4.78 is 0. The molecular formula is C13H16. The molecule has 0 fully saturated rings. The molecule has 0 heterocycles. The number of rotatable bonds is 1. The summed E-state index contributed by atoms with van der Waals surface area (Å²) in [6, 6.07) is 8.81. The highest BCUT2D eigenvalue weighted by Crippen LogP contribution is 2.32. The third-order valence-corrected chi connectivity index (χ3v) is 2.98. The zero-order chi connectivity index (χ0) is 9.26. The van der Waals surface area contributed by atoms with E-state index in [0.717, 1.165) is 0 Å². The van der Waals surface area contributed by atoms with E-state index in [2.05, 4.69) is 38.1 Å². The van der Waals surface area contributed by atoms with Gasteiger partial charge in [-0.25, -0.2) is 0 Å². The summed E-state index contributed by atoms with van der Waals surface area (Å²) in [4.78, 5) is 0. The van der Waals surface area contributed by atoms with Crippen molar-refractivity contribution in [1.82, 2.24) is 0 Å². The highest BCUT2D eigenvalue weighted by molar-refractivity contribution is 5.72. The van der Waals surface area contributed by atoms with Crippen molar-refractivity contribution in [2.45, 2.75) is 33.1 Å². The molecule has 0 atom stereocenters.